The third-order valence-electron chi connectivity index (χ3n) is 4.43. The van der Waals surface area contributed by atoms with Gasteiger partial charge in [0.25, 0.3) is 5.91 Å². The summed E-state index contributed by atoms with van der Waals surface area (Å²) < 4.78 is 27.5. The van der Waals surface area contributed by atoms with E-state index in [4.69, 9.17) is 0 Å². The molecule has 1 N–H and O–H groups in total. The minimum atomic E-state index is -3.86. The number of hydrogen-bond donors (Lipinski definition) is 1. The molecule has 1 aliphatic heterocycles. The van der Waals surface area contributed by atoms with E-state index in [1.54, 1.807) is 18.0 Å². The first-order valence-corrected chi connectivity index (χ1v) is 9.86. The summed E-state index contributed by atoms with van der Waals surface area (Å²) in [6, 6.07) is 5.22. The lowest BCUT2D eigenvalue weighted by Crippen LogP contribution is -2.57. The average molecular weight is 367 g/mol. The molecular formula is C17H25N3O4S. The molecule has 1 atom stereocenters. The summed E-state index contributed by atoms with van der Waals surface area (Å²) in [5.74, 6) is -0.528. The zero-order valence-electron chi connectivity index (χ0n) is 14.9. The van der Waals surface area contributed by atoms with Crippen LogP contribution in [0.3, 0.4) is 0 Å². The number of nitrogens with one attached hydrogen (secondary N) is 1. The van der Waals surface area contributed by atoms with Gasteiger partial charge in [-0.25, -0.2) is 8.42 Å². The number of carbonyl (C=O) groups excluding carboxylic acids is 2. The van der Waals surface area contributed by atoms with Crippen molar-refractivity contribution in [3.8, 4) is 0 Å². The lowest BCUT2D eigenvalue weighted by atomic mass is 10.1. The van der Waals surface area contributed by atoms with Crippen molar-refractivity contribution in [3.63, 3.8) is 0 Å². The predicted octanol–water partition coefficient (Wildman–Crippen LogP) is 1.07. The van der Waals surface area contributed by atoms with Crippen LogP contribution in [-0.4, -0.2) is 62.7 Å². The highest BCUT2D eigenvalue weighted by Crippen LogP contribution is 2.25. The minimum Gasteiger partial charge on any atom is -0.355 e. The van der Waals surface area contributed by atoms with E-state index in [1.807, 2.05) is 6.92 Å². The number of hydrogen-bond acceptors (Lipinski definition) is 4. The number of benzene rings is 1. The van der Waals surface area contributed by atoms with Crippen LogP contribution in [0, 0.1) is 0 Å². The third kappa shape index (κ3) is 4.01. The smallest absolute Gasteiger partial charge is 0.251 e. The van der Waals surface area contributed by atoms with Crippen molar-refractivity contribution in [1.82, 2.24) is 14.5 Å². The van der Waals surface area contributed by atoms with E-state index in [1.165, 1.54) is 29.6 Å². The van der Waals surface area contributed by atoms with Crippen molar-refractivity contribution >= 4 is 21.8 Å². The highest BCUT2D eigenvalue weighted by atomic mass is 32.2. The molecule has 1 fully saturated rings. The summed E-state index contributed by atoms with van der Waals surface area (Å²) in [4.78, 5) is 25.9. The zero-order valence-corrected chi connectivity index (χ0v) is 15.7. The van der Waals surface area contributed by atoms with Crippen molar-refractivity contribution in [1.29, 1.82) is 0 Å². The van der Waals surface area contributed by atoms with Gasteiger partial charge in [-0.2, -0.15) is 4.31 Å². The van der Waals surface area contributed by atoms with Gasteiger partial charge in [0.2, 0.25) is 15.9 Å². The lowest BCUT2D eigenvalue weighted by Gasteiger charge is -2.38. The van der Waals surface area contributed by atoms with Crippen LogP contribution in [0.2, 0.25) is 0 Å². The van der Waals surface area contributed by atoms with E-state index in [0.717, 1.165) is 12.8 Å². The maximum Gasteiger partial charge on any atom is 0.251 e. The standard InChI is InChI=1S/C17H25N3O4S/c1-4-5-9-15-17(22)19(3)10-11-20(15)25(23,24)14-8-6-7-13(12-14)16(21)18-2/h6-8,12,15H,4-5,9-11H2,1-3H3,(H,18,21)/t15-/m1/s1. The quantitative estimate of drug-likeness (QED) is 0.815. The lowest BCUT2D eigenvalue weighted by molar-refractivity contribution is -0.137. The molecule has 2 rings (SSSR count). The fraction of sp³-hybridized carbons (Fsp3) is 0.529. The largest absolute Gasteiger partial charge is 0.355 e. The molecule has 1 saturated heterocycles. The molecule has 138 valence electrons. The number of piperazine rings is 1. The molecule has 7 nitrogen and oxygen atoms in total. The highest BCUT2D eigenvalue weighted by Gasteiger charge is 2.40. The highest BCUT2D eigenvalue weighted by molar-refractivity contribution is 7.89. The molecule has 0 aliphatic carbocycles. The molecule has 0 saturated carbocycles. The number of rotatable bonds is 6. The number of likely N-dealkylation sites (N-methyl/N-ethyl adjacent to an activating group) is 1. The fourth-order valence-corrected chi connectivity index (χ4v) is 4.57. The number of sulfonamides is 1. The second kappa shape index (κ2) is 7.97. The maximum absolute atomic E-state index is 13.1. The van der Waals surface area contributed by atoms with Gasteiger partial charge >= 0.3 is 0 Å². The number of nitrogens with zero attached hydrogens (tertiary/aromatic N) is 2. The molecule has 0 unspecified atom stereocenters. The molecule has 1 aliphatic rings. The SMILES string of the molecule is CCCC[C@@H]1C(=O)N(C)CCN1S(=O)(=O)c1cccc(C(=O)NC)c1. The molecule has 1 aromatic rings. The Hall–Kier alpha value is -1.93. The van der Waals surface area contributed by atoms with E-state index in [2.05, 4.69) is 5.32 Å². The van der Waals surface area contributed by atoms with Gasteiger partial charge in [-0.3, -0.25) is 9.59 Å². The summed E-state index contributed by atoms with van der Waals surface area (Å²) >= 11 is 0. The Morgan fingerprint density at radius 3 is 2.68 bits per heavy atom. The Morgan fingerprint density at radius 1 is 1.32 bits per heavy atom. The van der Waals surface area contributed by atoms with Crippen molar-refractivity contribution in [3.05, 3.63) is 29.8 Å². The first-order valence-electron chi connectivity index (χ1n) is 8.42. The van der Waals surface area contributed by atoms with Gasteiger partial charge in [0, 0.05) is 32.7 Å². The molecule has 0 bridgehead atoms. The van der Waals surface area contributed by atoms with Crippen LogP contribution in [-0.2, 0) is 14.8 Å². The summed E-state index contributed by atoms with van der Waals surface area (Å²) in [7, 11) is -0.675. The fourth-order valence-electron chi connectivity index (χ4n) is 2.92. The van der Waals surface area contributed by atoms with E-state index in [0.29, 0.717) is 13.0 Å². The Bertz CT molecular complexity index is 748. The molecule has 0 spiro atoms. The van der Waals surface area contributed by atoms with Gasteiger partial charge in [-0.05, 0) is 24.6 Å². The molecule has 1 heterocycles. The van der Waals surface area contributed by atoms with Gasteiger partial charge < -0.3 is 10.2 Å². The van der Waals surface area contributed by atoms with Crippen LogP contribution in [0.5, 0.6) is 0 Å². The monoisotopic (exact) mass is 367 g/mol. The molecule has 25 heavy (non-hydrogen) atoms. The van der Waals surface area contributed by atoms with Gasteiger partial charge in [-0.15, -0.1) is 0 Å². The molecular weight excluding hydrogens is 342 g/mol. The normalized spacial score (nSPS) is 19.1. The van der Waals surface area contributed by atoms with Crippen LogP contribution < -0.4 is 5.32 Å². The van der Waals surface area contributed by atoms with Gasteiger partial charge in [-0.1, -0.05) is 25.8 Å². The van der Waals surface area contributed by atoms with Crippen LogP contribution in [0.4, 0.5) is 0 Å². The van der Waals surface area contributed by atoms with Gasteiger partial charge in [0.1, 0.15) is 6.04 Å². The minimum absolute atomic E-state index is 0.0347. The van der Waals surface area contributed by atoms with E-state index >= 15 is 0 Å². The maximum atomic E-state index is 13.1. The van der Waals surface area contributed by atoms with E-state index in [9.17, 15) is 18.0 Å². The predicted molar refractivity (Wildman–Crippen MR) is 94.7 cm³/mol. The van der Waals surface area contributed by atoms with Crippen LogP contribution in [0.25, 0.3) is 0 Å². The Labute approximate surface area is 149 Å². The molecule has 0 radical (unpaired) electrons. The number of unbranched alkanes of at least 4 members (excludes halogenated alkanes) is 1. The third-order valence-corrected chi connectivity index (χ3v) is 6.33. The van der Waals surface area contributed by atoms with Crippen molar-refractivity contribution < 1.29 is 18.0 Å². The van der Waals surface area contributed by atoms with Crippen molar-refractivity contribution in [2.45, 2.75) is 37.1 Å². The van der Waals surface area contributed by atoms with Crippen molar-refractivity contribution in [2.24, 2.45) is 0 Å². The first kappa shape index (κ1) is 19.4. The molecule has 2 amide bonds. The Morgan fingerprint density at radius 2 is 2.04 bits per heavy atom. The molecule has 8 heteroatoms. The van der Waals surface area contributed by atoms with E-state index in [-0.39, 0.29) is 28.8 Å². The summed E-state index contributed by atoms with van der Waals surface area (Å²) in [5, 5.41) is 2.48. The van der Waals surface area contributed by atoms with Gasteiger partial charge in [0.15, 0.2) is 0 Å². The second-order valence-corrected chi connectivity index (χ2v) is 8.03. The van der Waals surface area contributed by atoms with Crippen LogP contribution >= 0.6 is 0 Å². The van der Waals surface area contributed by atoms with Crippen LogP contribution in [0.15, 0.2) is 29.2 Å². The zero-order chi connectivity index (χ0) is 18.6. The topological polar surface area (TPSA) is 86.8 Å². The van der Waals surface area contributed by atoms with E-state index < -0.39 is 16.1 Å². The molecule has 1 aromatic carbocycles. The summed E-state index contributed by atoms with van der Waals surface area (Å²) in [6.07, 6.45) is 2.15. The summed E-state index contributed by atoms with van der Waals surface area (Å²) in [6.45, 7) is 2.61. The second-order valence-electron chi connectivity index (χ2n) is 6.14. The number of amides is 2. The number of carbonyl (C=O) groups is 2. The Balaban J connectivity index is 2.39. The van der Waals surface area contributed by atoms with Crippen LogP contribution in [0.1, 0.15) is 36.5 Å². The Kier molecular flexibility index (Phi) is 6.18. The first-order chi connectivity index (χ1) is 11.8. The molecule has 0 aromatic heterocycles. The average Bonchev–Trinajstić information content (AvgIpc) is 2.62. The van der Waals surface area contributed by atoms with Crippen molar-refractivity contribution in [2.75, 3.05) is 27.2 Å². The van der Waals surface area contributed by atoms with Gasteiger partial charge in [0.05, 0.1) is 4.90 Å². The summed E-state index contributed by atoms with van der Waals surface area (Å²) in [5.41, 5.74) is 0.272.